The minimum atomic E-state index is -0.524. The molecule has 0 N–H and O–H groups in total. The summed E-state index contributed by atoms with van der Waals surface area (Å²) in [7, 11) is 1.07. The van der Waals surface area contributed by atoms with Crippen LogP contribution in [0.1, 0.15) is 38.1 Å². The summed E-state index contributed by atoms with van der Waals surface area (Å²) in [5.41, 5.74) is 0.340. The van der Waals surface area contributed by atoms with Gasteiger partial charge in [0.1, 0.15) is 17.2 Å². The Morgan fingerprint density at radius 1 is 0.962 bits per heavy atom. The molecule has 0 saturated carbocycles. The molecule has 0 radical (unpaired) electrons. The van der Waals surface area contributed by atoms with Crippen molar-refractivity contribution in [1.29, 1.82) is 0 Å². The van der Waals surface area contributed by atoms with E-state index in [-0.39, 0.29) is 0 Å². The lowest BCUT2D eigenvalue weighted by molar-refractivity contribution is 0.00578. The average Bonchev–Trinajstić information content (AvgIpc) is 2.83. The fraction of sp³-hybridized carbons (Fsp3) is 0.350. The third kappa shape index (κ3) is 3.48. The second-order valence-corrected chi connectivity index (χ2v) is 7.28. The zero-order valence-corrected chi connectivity index (χ0v) is 15.7. The molecule has 6 heteroatoms. The molecule has 0 aliphatic carbocycles. The van der Waals surface area contributed by atoms with Crippen LogP contribution in [0.5, 0.6) is 17.2 Å². The van der Waals surface area contributed by atoms with Gasteiger partial charge in [-0.15, -0.1) is 0 Å². The van der Waals surface area contributed by atoms with Crippen LogP contribution in [0.15, 0.2) is 42.5 Å². The second-order valence-electron chi connectivity index (χ2n) is 7.28. The standard InChI is InChI=1S/C20H23BO5/c1-19(2)20(3,4)26-21(25-19)15-9-10-18(14(11-15)13-22)24-17-8-6-7-16(12-17)23-5/h6-13H,1-5H3. The fourth-order valence-corrected chi connectivity index (χ4v) is 2.67. The normalized spacial score (nSPS) is 17.8. The van der Waals surface area contributed by atoms with Crippen molar-refractivity contribution in [3.8, 4) is 17.2 Å². The highest BCUT2D eigenvalue weighted by Crippen LogP contribution is 2.37. The molecule has 136 valence electrons. The van der Waals surface area contributed by atoms with E-state index in [9.17, 15) is 4.79 Å². The van der Waals surface area contributed by atoms with Crippen LogP contribution in [0.2, 0.25) is 0 Å². The van der Waals surface area contributed by atoms with E-state index in [1.807, 2.05) is 45.9 Å². The third-order valence-corrected chi connectivity index (χ3v) is 4.96. The largest absolute Gasteiger partial charge is 0.497 e. The summed E-state index contributed by atoms with van der Waals surface area (Å²) in [6, 6.07) is 12.6. The lowest BCUT2D eigenvalue weighted by Crippen LogP contribution is -2.41. The summed E-state index contributed by atoms with van der Waals surface area (Å²) in [6.07, 6.45) is 0.768. The Morgan fingerprint density at radius 2 is 1.62 bits per heavy atom. The van der Waals surface area contributed by atoms with Crippen molar-refractivity contribution in [2.45, 2.75) is 38.9 Å². The Kier molecular flexibility index (Phi) is 4.82. The predicted octanol–water partition coefficient (Wildman–Crippen LogP) is 3.60. The highest BCUT2D eigenvalue weighted by Gasteiger charge is 2.51. The van der Waals surface area contributed by atoms with Crippen molar-refractivity contribution >= 4 is 18.9 Å². The van der Waals surface area contributed by atoms with E-state index in [1.54, 1.807) is 31.4 Å². The van der Waals surface area contributed by atoms with Gasteiger partial charge >= 0.3 is 7.12 Å². The number of ether oxygens (including phenoxy) is 2. The van der Waals surface area contributed by atoms with Crippen LogP contribution in [0.4, 0.5) is 0 Å². The first-order valence-electron chi connectivity index (χ1n) is 8.52. The van der Waals surface area contributed by atoms with E-state index < -0.39 is 18.3 Å². The Hall–Kier alpha value is -2.31. The number of carbonyl (C=O) groups excluding carboxylic acids is 1. The molecule has 5 nitrogen and oxygen atoms in total. The molecule has 1 aliphatic heterocycles. The van der Waals surface area contributed by atoms with Crippen LogP contribution in [0.3, 0.4) is 0 Å². The summed E-state index contributed by atoms with van der Waals surface area (Å²) in [4.78, 5) is 11.6. The Morgan fingerprint density at radius 3 is 2.23 bits per heavy atom. The molecule has 0 aromatic heterocycles. The first kappa shape index (κ1) is 18.5. The summed E-state index contributed by atoms with van der Waals surface area (Å²) in [5.74, 6) is 1.74. The molecule has 2 aromatic rings. The number of rotatable bonds is 5. The summed E-state index contributed by atoms with van der Waals surface area (Å²) in [5, 5.41) is 0. The molecule has 0 atom stereocenters. The lowest BCUT2D eigenvalue weighted by atomic mass is 9.78. The molecule has 0 spiro atoms. The molecule has 0 unspecified atom stereocenters. The van der Waals surface area contributed by atoms with Crippen LogP contribution in [-0.4, -0.2) is 31.7 Å². The minimum absolute atomic E-state index is 0.431. The molecular weight excluding hydrogens is 331 g/mol. The van der Waals surface area contributed by atoms with E-state index in [0.717, 1.165) is 11.7 Å². The minimum Gasteiger partial charge on any atom is -0.497 e. The summed E-state index contributed by atoms with van der Waals surface area (Å²) >= 11 is 0. The lowest BCUT2D eigenvalue weighted by Gasteiger charge is -2.32. The molecule has 1 fully saturated rings. The van der Waals surface area contributed by atoms with Gasteiger partial charge in [-0.2, -0.15) is 0 Å². The molecule has 1 aliphatic rings. The van der Waals surface area contributed by atoms with Gasteiger partial charge in [0.05, 0.1) is 23.9 Å². The number of aldehydes is 1. The Bertz CT molecular complexity index is 800. The number of hydrogen-bond acceptors (Lipinski definition) is 5. The number of carbonyl (C=O) groups is 1. The van der Waals surface area contributed by atoms with Crippen LogP contribution < -0.4 is 14.9 Å². The van der Waals surface area contributed by atoms with Crippen molar-refractivity contribution in [2.24, 2.45) is 0 Å². The van der Waals surface area contributed by atoms with Crippen LogP contribution >= 0.6 is 0 Å². The highest BCUT2D eigenvalue weighted by molar-refractivity contribution is 6.62. The zero-order chi connectivity index (χ0) is 18.9. The Balaban J connectivity index is 1.86. The van der Waals surface area contributed by atoms with E-state index in [1.165, 1.54) is 0 Å². The van der Waals surface area contributed by atoms with E-state index in [4.69, 9.17) is 18.8 Å². The first-order valence-corrected chi connectivity index (χ1v) is 8.52. The van der Waals surface area contributed by atoms with Gasteiger partial charge in [-0.25, -0.2) is 0 Å². The zero-order valence-electron chi connectivity index (χ0n) is 15.7. The number of benzene rings is 2. The van der Waals surface area contributed by atoms with Gasteiger partial charge in [-0.1, -0.05) is 12.1 Å². The van der Waals surface area contributed by atoms with Gasteiger partial charge in [-0.3, -0.25) is 4.79 Å². The monoisotopic (exact) mass is 354 g/mol. The van der Waals surface area contributed by atoms with Gasteiger partial charge in [0, 0.05) is 6.07 Å². The summed E-state index contributed by atoms with van der Waals surface area (Å²) in [6.45, 7) is 7.98. The maximum absolute atomic E-state index is 11.6. The molecule has 3 rings (SSSR count). The van der Waals surface area contributed by atoms with Gasteiger partial charge in [0.15, 0.2) is 6.29 Å². The highest BCUT2D eigenvalue weighted by atomic mass is 16.7. The van der Waals surface area contributed by atoms with Crippen molar-refractivity contribution in [1.82, 2.24) is 0 Å². The molecule has 0 amide bonds. The number of methoxy groups -OCH3 is 1. The first-order chi connectivity index (χ1) is 12.3. The topological polar surface area (TPSA) is 54.0 Å². The quantitative estimate of drug-likeness (QED) is 0.607. The molecule has 2 aromatic carbocycles. The van der Waals surface area contributed by atoms with E-state index in [0.29, 0.717) is 22.8 Å². The van der Waals surface area contributed by atoms with Crippen molar-refractivity contribution in [2.75, 3.05) is 7.11 Å². The Labute approximate surface area is 154 Å². The molecule has 1 heterocycles. The smallest absolute Gasteiger partial charge is 0.494 e. The molecular formula is C20H23BO5. The van der Waals surface area contributed by atoms with Gasteiger partial charge in [0.2, 0.25) is 0 Å². The molecule has 26 heavy (non-hydrogen) atoms. The second kappa shape index (κ2) is 6.78. The third-order valence-electron chi connectivity index (χ3n) is 4.96. The van der Waals surface area contributed by atoms with E-state index in [2.05, 4.69) is 0 Å². The SMILES string of the molecule is COc1cccc(Oc2ccc(B3OC(C)(C)C(C)(C)O3)cc2C=O)c1. The van der Waals surface area contributed by atoms with Crippen LogP contribution in [0, 0.1) is 0 Å². The van der Waals surface area contributed by atoms with Crippen LogP contribution in [-0.2, 0) is 9.31 Å². The van der Waals surface area contributed by atoms with E-state index >= 15 is 0 Å². The molecule has 0 bridgehead atoms. The van der Waals surface area contributed by atoms with Gasteiger partial charge in [0.25, 0.3) is 0 Å². The maximum Gasteiger partial charge on any atom is 0.494 e. The maximum atomic E-state index is 11.6. The van der Waals surface area contributed by atoms with Crippen molar-refractivity contribution in [3.63, 3.8) is 0 Å². The predicted molar refractivity (Wildman–Crippen MR) is 101 cm³/mol. The van der Waals surface area contributed by atoms with Gasteiger partial charge in [-0.05, 0) is 57.4 Å². The fourth-order valence-electron chi connectivity index (χ4n) is 2.67. The molecule has 1 saturated heterocycles. The number of hydrogen-bond donors (Lipinski definition) is 0. The van der Waals surface area contributed by atoms with Gasteiger partial charge < -0.3 is 18.8 Å². The average molecular weight is 354 g/mol. The summed E-state index contributed by atoms with van der Waals surface area (Å²) < 4.78 is 23.1. The van der Waals surface area contributed by atoms with Crippen LogP contribution in [0.25, 0.3) is 0 Å². The van der Waals surface area contributed by atoms with Crippen molar-refractivity contribution in [3.05, 3.63) is 48.0 Å². The van der Waals surface area contributed by atoms with Crippen molar-refractivity contribution < 1.29 is 23.6 Å².